The third-order valence-corrected chi connectivity index (χ3v) is 3.59. The summed E-state index contributed by atoms with van der Waals surface area (Å²) < 4.78 is 5.46. The van der Waals surface area contributed by atoms with E-state index < -0.39 is 0 Å². The fourth-order valence-electron chi connectivity index (χ4n) is 2.60. The van der Waals surface area contributed by atoms with Gasteiger partial charge in [-0.05, 0) is 44.7 Å². The Labute approximate surface area is 109 Å². The van der Waals surface area contributed by atoms with Crippen molar-refractivity contribution < 1.29 is 4.74 Å². The van der Waals surface area contributed by atoms with Crippen LogP contribution in [0.3, 0.4) is 0 Å². The predicted octanol–water partition coefficient (Wildman–Crippen LogP) is 2.69. The molecule has 1 aromatic rings. The maximum atomic E-state index is 5.86. The van der Waals surface area contributed by atoms with Crippen LogP contribution in [-0.2, 0) is 0 Å². The second-order valence-corrected chi connectivity index (χ2v) is 5.17. The van der Waals surface area contributed by atoms with Crippen molar-refractivity contribution in [3.63, 3.8) is 0 Å². The summed E-state index contributed by atoms with van der Waals surface area (Å²) >= 11 is 0. The Kier molecular flexibility index (Phi) is 3.94. The molecule has 0 aromatic carbocycles. The molecule has 0 radical (unpaired) electrons. The molecule has 1 aliphatic rings. The van der Waals surface area contributed by atoms with E-state index in [2.05, 4.69) is 23.7 Å². The van der Waals surface area contributed by atoms with Crippen molar-refractivity contribution in [3.05, 3.63) is 12.1 Å². The molecule has 0 amide bonds. The van der Waals surface area contributed by atoms with E-state index in [1.165, 1.54) is 12.8 Å². The zero-order valence-corrected chi connectivity index (χ0v) is 11.5. The lowest BCUT2D eigenvalue weighted by Gasteiger charge is -2.37. The van der Waals surface area contributed by atoms with E-state index >= 15 is 0 Å². The molecule has 1 aliphatic heterocycles. The number of piperidine rings is 1. The normalized spacial score (nSPS) is 24.1. The molecule has 1 saturated heterocycles. The Morgan fingerprint density at radius 2 is 2.22 bits per heavy atom. The molecule has 18 heavy (non-hydrogen) atoms. The number of hydrogen-bond acceptors (Lipinski definition) is 4. The summed E-state index contributed by atoms with van der Waals surface area (Å²) in [6.45, 7) is 8.17. The molecule has 0 spiro atoms. The highest BCUT2D eigenvalue weighted by molar-refractivity contribution is 5.55. The van der Waals surface area contributed by atoms with Crippen LogP contribution >= 0.6 is 0 Å². The van der Waals surface area contributed by atoms with Crippen molar-refractivity contribution >= 4 is 11.5 Å². The molecule has 2 N–H and O–H groups in total. The van der Waals surface area contributed by atoms with Crippen molar-refractivity contribution in [2.75, 3.05) is 23.8 Å². The molecular weight excluding hydrogens is 226 g/mol. The van der Waals surface area contributed by atoms with Gasteiger partial charge >= 0.3 is 0 Å². The van der Waals surface area contributed by atoms with Gasteiger partial charge in [-0.2, -0.15) is 4.98 Å². The maximum Gasteiger partial charge on any atom is 0.239 e. The van der Waals surface area contributed by atoms with Crippen LogP contribution in [-0.4, -0.2) is 24.2 Å². The minimum atomic E-state index is 0.527. The fourth-order valence-corrected chi connectivity index (χ4v) is 2.60. The summed E-state index contributed by atoms with van der Waals surface area (Å²) in [4.78, 5) is 6.89. The van der Waals surface area contributed by atoms with Gasteiger partial charge in [0.15, 0.2) is 0 Å². The summed E-state index contributed by atoms with van der Waals surface area (Å²) in [6, 6.07) is 4.40. The van der Waals surface area contributed by atoms with Gasteiger partial charge in [-0.3, -0.25) is 0 Å². The molecule has 0 aliphatic carbocycles. The van der Waals surface area contributed by atoms with Crippen LogP contribution in [0, 0.1) is 5.92 Å². The molecule has 0 saturated carbocycles. The third kappa shape index (κ3) is 2.68. The van der Waals surface area contributed by atoms with Crippen LogP contribution in [0.5, 0.6) is 5.88 Å². The minimum Gasteiger partial charge on any atom is -0.476 e. The van der Waals surface area contributed by atoms with Gasteiger partial charge in [0.05, 0.1) is 12.3 Å². The van der Waals surface area contributed by atoms with Crippen molar-refractivity contribution in [2.45, 2.75) is 39.7 Å². The molecule has 2 heterocycles. The molecule has 2 unspecified atom stereocenters. The molecule has 4 heteroatoms. The van der Waals surface area contributed by atoms with Crippen molar-refractivity contribution in [1.82, 2.24) is 4.98 Å². The number of nitrogen functional groups attached to an aromatic ring is 1. The first-order valence-corrected chi connectivity index (χ1v) is 6.77. The van der Waals surface area contributed by atoms with E-state index in [1.807, 2.05) is 19.1 Å². The second-order valence-electron chi connectivity index (χ2n) is 5.17. The largest absolute Gasteiger partial charge is 0.476 e. The molecule has 2 atom stereocenters. The van der Waals surface area contributed by atoms with Crippen LogP contribution < -0.4 is 15.4 Å². The Hall–Kier alpha value is -1.45. The summed E-state index contributed by atoms with van der Waals surface area (Å²) in [5.41, 5.74) is 6.47. The van der Waals surface area contributed by atoms with Gasteiger partial charge in [-0.25, -0.2) is 0 Å². The van der Waals surface area contributed by atoms with Crippen LogP contribution in [0.4, 0.5) is 11.5 Å². The maximum absolute atomic E-state index is 5.86. The Bertz CT molecular complexity index is 408. The number of ether oxygens (including phenoxy) is 1. The number of nitrogens with two attached hydrogens (primary N) is 1. The Morgan fingerprint density at radius 3 is 2.89 bits per heavy atom. The quantitative estimate of drug-likeness (QED) is 0.895. The molecule has 1 aromatic heterocycles. The first kappa shape index (κ1) is 13.0. The SMILES string of the molecule is CCOc1nc(N2CCC(C)CC2C)ccc1N. The van der Waals surface area contributed by atoms with E-state index in [9.17, 15) is 0 Å². The Morgan fingerprint density at radius 1 is 1.44 bits per heavy atom. The van der Waals surface area contributed by atoms with Gasteiger partial charge in [0.1, 0.15) is 5.82 Å². The van der Waals surface area contributed by atoms with E-state index in [4.69, 9.17) is 10.5 Å². The number of rotatable bonds is 3. The summed E-state index contributed by atoms with van der Waals surface area (Å²) in [7, 11) is 0. The van der Waals surface area contributed by atoms with Crippen LogP contribution in [0.25, 0.3) is 0 Å². The number of anilines is 2. The average molecular weight is 249 g/mol. The lowest BCUT2D eigenvalue weighted by Crippen LogP contribution is -2.40. The van der Waals surface area contributed by atoms with Gasteiger partial charge in [0, 0.05) is 12.6 Å². The highest BCUT2D eigenvalue weighted by atomic mass is 16.5. The van der Waals surface area contributed by atoms with Gasteiger partial charge < -0.3 is 15.4 Å². The van der Waals surface area contributed by atoms with Gasteiger partial charge in [-0.1, -0.05) is 6.92 Å². The van der Waals surface area contributed by atoms with Crippen LogP contribution in [0.15, 0.2) is 12.1 Å². The first-order valence-electron chi connectivity index (χ1n) is 6.77. The molecule has 1 fully saturated rings. The van der Waals surface area contributed by atoms with Gasteiger partial charge in [-0.15, -0.1) is 0 Å². The topological polar surface area (TPSA) is 51.4 Å². The molecule has 4 nitrogen and oxygen atoms in total. The van der Waals surface area contributed by atoms with Crippen molar-refractivity contribution in [3.8, 4) is 5.88 Å². The number of nitrogens with zero attached hydrogens (tertiary/aromatic N) is 2. The van der Waals surface area contributed by atoms with E-state index in [0.717, 1.165) is 18.3 Å². The summed E-state index contributed by atoms with van der Waals surface area (Å²) in [5.74, 6) is 2.34. The standard InChI is InChI=1S/C14H23N3O/c1-4-18-14-12(15)5-6-13(16-14)17-8-7-10(2)9-11(17)3/h5-6,10-11H,4,7-9,15H2,1-3H3. The second kappa shape index (κ2) is 5.46. The smallest absolute Gasteiger partial charge is 0.239 e. The zero-order valence-electron chi connectivity index (χ0n) is 11.5. The molecular formula is C14H23N3O. The number of hydrogen-bond donors (Lipinski definition) is 1. The fraction of sp³-hybridized carbons (Fsp3) is 0.643. The summed E-state index contributed by atoms with van der Waals surface area (Å²) in [5, 5.41) is 0. The molecule has 100 valence electrons. The Balaban J connectivity index is 2.20. The lowest BCUT2D eigenvalue weighted by molar-refractivity contribution is 0.327. The zero-order chi connectivity index (χ0) is 13.1. The van der Waals surface area contributed by atoms with Crippen LogP contribution in [0.1, 0.15) is 33.6 Å². The summed E-state index contributed by atoms with van der Waals surface area (Å²) in [6.07, 6.45) is 2.44. The van der Waals surface area contributed by atoms with Crippen LogP contribution in [0.2, 0.25) is 0 Å². The van der Waals surface area contributed by atoms with E-state index in [0.29, 0.717) is 24.2 Å². The van der Waals surface area contributed by atoms with Gasteiger partial charge in [0.2, 0.25) is 5.88 Å². The predicted molar refractivity (Wildman–Crippen MR) is 75.0 cm³/mol. The highest BCUT2D eigenvalue weighted by Gasteiger charge is 2.24. The monoisotopic (exact) mass is 249 g/mol. The third-order valence-electron chi connectivity index (χ3n) is 3.59. The lowest BCUT2D eigenvalue weighted by atomic mass is 9.93. The average Bonchev–Trinajstić information content (AvgIpc) is 2.33. The molecule has 2 rings (SSSR count). The number of pyridine rings is 1. The van der Waals surface area contributed by atoms with Crippen molar-refractivity contribution in [1.29, 1.82) is 0 Å². The van der Waals surface area contributed by atoms with Gasteiger partial charge in [0.25, 0.3) is 0 Å². The van der Waals surface area contributed by atoms with E-state index in [1.54, 1.807) is 0 Å². The number of aromatic nitrogens is 1. The van der Waals surface area contributed by atoms with Crippen molar-refractivity contribution in [2.24, 2.45) is 5.92 Å². The minimum absolute atomic E-state index is 0.527. The highest BCUT2D eigenvalue weighted by Crippen LogP contribution is 2.29. The van der Waals surface area contributed by atoms with E-state index in [-0.39, 0.29) is 0 Å². The molecule has 0 bridgehead atoms. The first-order chi connectivity index (χ1) is 8.61.